The Morgan fingerprint density at radius 2 is 2.33 bits per heavy atom. The summed E-state index contributed by atoms with van der Waals surface area (Å²) in [4.78, 5) is 14.9. The summed E-state index contributed by atoms with van der Waals surface area (Å²) >= 11 is 3.23. The lowest BCUT2D eigenvalue weighted by Crippen LogP contribution is -2.00. The summed E-state index contributed by atoms with van der Waals surface area (Å²) in [6.07, 6.45) is 1.57. The second-order valence-electron chi connectivity index (χ2n) is 2.26. The molecular formula is C8H8BrNO2. The molecule has 0 spiro atoms. The van der Waals surface area contributed by atoms with E-state index in [0.29, 0.717) is 11.4 Å². The van der Waals surface area contributed by atoms with Crippen molar-refractivity contribution in [2.45, 2.75) is 6.92 Å². The fourth-order valence-electron chi connectivity index (χ4n) is 0.841. The molecule has 1 aromatic heterocycles. The third kappa shape index (κ3) is 1.82. The van der Waals surface area contributed by atoms with Crippen molar-refractivity contribution < 1.29 is 9.53 Å². The lowest BCUT2D eigenvalue weighted by atomic mass is 10.2. The Morgan fingerprint density at radius 3 is 2.83 bits per heavy atom. The van der Waals surface area contributed by atoms with Gasteiger partial charge in [-0.05, 0) is 22.0 Å². The quantitative estimate of drug-likeness (QED) is 0.730. The van der Waals surface area contributed by atoms with Gasteiger partial charge >= 0.3 is 0 Å². The molecule has 0 aromatic carbocycles. The number of methoxy groups -OCH3 is 1. The smallest absolute Gasteiger partial charge is 0.181 e. The number of ketones is 1. The van der Waals surface area contributed by atoms with Gasteiger partial charge in [-0.25, -0.2) is 4.98 Å². The molecule has 0 N–H and O–H groups in total. The predicted octanol–water partition coefficient (Wildman–Crippen LogP) is 2.06. The van der Waals surface area contributed by atoms with Crippen molar-refractivity contribution in [2.24, 2.45) is 0 Å². The van der Waals surface area contributed by atoms with Gasteiger partial charge in [-0.2, -0.15) is 0 Å². The van der Waals surface area contributed by atoms with Crippen LogP contribution in [0.15, 0.2) is 16.7 Å². The second-order valence-corrected chi connectivity index (χ2v) is 3.18. The Morgan fingerprint density at radius 1 is 1.67 bits per heavy atom. The first-order chi connectivity index (χ1) is 5.65. The van der Waals surface area contributed by atoms with E-state index in [2.05, 4.69) is 20.9 Å². The van der Waals surface area contributed by atoms with E-state index >= 15 is 0 Å². The Balaban J connectivity index is 3.20. The van der Waals surface area contributed by atoms with Gasteiger partial charge < -0.3 is 4.74 Å². The van der Waals surface area contributed by atoms with Crippen molar-refractivity contribution in [3.8, 4) is 5.75 Å². The molecule has 4 heteroatoms. The van der Waals surface area contributed by atoms with Gasteiger partial charge in [0.2, 0.25) is 0 Å². The largest absolute Gasteiger partial charge is 0.494 e. The van der Waals surface area contributed by atoms with Crippen molar-refractivity contribution in [3.63, 3.8) is 0 Å². The van der Waals surface area contributed by atoms with Crippen LogP contribution < -0.4 is 4.74 Å². The average Bonchev–Trinajstić information content (AvgIpc) is 2.03. The molecule has 0 radical (unpaired) electrons. The summed E-state index contributed by atoms with van der Waals surface area (Å²) in [6.45, 7) is 1.46. The maximum absolute atomic E-state index is 11.0. The number of aromatic nitrogens is 1. The van der Waals surface area contributed by atoms with Gasteiger partial charge in [-0.3, -0.25) is 4.79 Å². The maximum atomic E-state index is 11.0. The van der Waals surface area contributed by atoms with E-state index < -0.39 is 0 Å². The molecule has 0 amide bonds. The monoisotopic (exact) mass is 229 g/mol. The zero-order valence-electron chi connectivity index (χ0n) is 6.80. The van der Waals surface area contributed by atoms with Gasteiger partial charge in [0.1, 0.15) is 11.4 Å². The molecule has 1 rings (SSSR count). The van der Waals surface area contributed by atoms with Gasteiger partial charge in [0.25, 0.3) is 0 Å². The second kappa shape index (κ2) is 3.67. The number of halogens is 1. The minimum absolute atomic E-state index is 0.0978. The van der Waals surface area contributed by atoms with Crippen LogP contribution in [0.4, 0.5) is 0 Å². The molecule has 12 heavy (non-hydrogen) atoms. The highest BCUT2D eigenvalue weighted by atomic mass is 79.9. The first-order valence-corrected chi connectivity index (χ1v) is 4.15. The highest BCUT2D eigenvalue weighted by molar-refractivity contribution is 9.10. The Hall–Kier alpha value is -0.900. The van der Waals surface area contributed by atoms with E-state index in [1.165, 1.54) is 14.0 Å². The van der Waals surface area contributed by atoms with Crippen molar-refractivity contribution in [1.29, 1.82) is 0 Å². The van der Waals surface area contributed by atoms with Gasteiger partial charge in [0.05, 0.1) is 7.11 Å². The van der Waals surface area contributed by atoms with Gasteiger partial charge in [0.15, 0.2) is 5.78 Å². The summed E-state index contributed by atoms with van der Waals surface area (Å²) in [6, 6.07) is 1.71. The van der Waals surface area contributed by atoms with E-state index in [4.69, 9.17) is 4.74 Å². The molecule has 0 aliphatic rings. The molecule has 0 bridgehead atoms. The third-order valence-electron chi connectivity index (χ3n) is 1.37. The van der Waals surface area contributed by atoms with Crippen LogP contribution in [0.3, 0.4) is 0 Å². The Labute approximate surface area is 78.9 Å². The zero-order chi connectivity index (χ0) is 9.14. The molecule has 0 saturated heterocycles. The number of Topliss-reactive ketones (excluding diaryl/α,β-unsaturated/α-hetero) is 1. The topological polar surface area (TPSA) is 39.2 Å². The van der Waals surface area contributed by atoms with Gasteiger partial charge in [0, 0.05) is 17.6 Å². The Kier molecular flexibility index (Phi) is 2.81. The van der Waals surface area contributed by atoms with Crippen LogP contribution in [-0.2, 0) is 0 Å². The number of pyridine rings is 1. The van der Waals surface area contributed by atoms with Crippen molar-refractivity contribution >= 4 is 21.7 Å². The first-order valence-electron chi connectivity index (χ1n) is 3.35. The maximum Gasteiger partial charge on any atom is 0.181 e. The number of hydrogen-bond donors (Lipinski definition) is 0. The molecule has 0 aliphatic heterocycles. The average molecular weight is 230 g/mol. The SMILES string of the molecule is COc1cc(Br)cnc1C(C)=O. The summed E-state index contributed by atoms with van der Waals surface area (Å²) in [5.74, 6) is 0.399. The van der Waals surface area contributed by atoms with E-state index in [9.17, 15) is 4.79 Å². The summed E-state index contributed by atoms with van der Waals surface area (Å²) in [5, 5.41) is 0. The normalized spacial score (nSPS) is 9.58. The Bertz CT molecular complexity index is 312. The van der Waals surface area contributed by atoms with Gasteiger partial charge in [-0.15, -0.1) is 0 Å². The van der Waals surface area contributed by atoms with Gasteiger partial charge in [-0.1, -0.05) is 0 Å². The first kappa shape index (κ1) is 9.19. The van der Waals surface area contributed by atoms with E-state index in [1.54, 1.807) is 12.3 Å². The molecule has 0 atom stereocenters. The van der Waals surface area contributed by atoms with E-state index in [-0.39, 0.29) is 5.78 Å². The molecule has 0 saturated carbocycles. The fourth-order valence-corrected chi connectivity index (χ4v) is 1.15. The number of carbonyl (C=O) groups excluding carboxylic acids is 1. The molecular weight excluding hydrogens is 222 g/mol. The van der Waals surface area contributed by atoms with Crippen LogP contribution in [0.2, 0.25) is 0 Å². The molecule has 3 nitrogen and oxygen atoms in total. The van der Waals surface area contributed by atoms with Crippen molar-refractivity contribution in [2.75, 3.05) is 7.11 Å². The van der Waals surface area contributed by atoms with E-state index in [0.717, 1.165) is 4.47 Å². The van der Waals surface area contributed by atoms with Crippen LogP contribution in [0.25, 0.3) is 0 Å². The molecule has 0 fully saturated rings. The highest BCUT2D eigenvalue weighted by Gasteiger charge is 2.08. The predicted molar refractivity (Wildman–Crippen MR) is 48.5 cm³/mol. The molecule has 0 unspecified atom stereocenters. The minimum atomic E-state index is -0.0978. The third-order valence-corrected chi connectivity index (χ3v) is 1.81. The van der Waals surface area contributed by atoms with Crippen LogP contribution >= 0.6 is 15.9 Å². The number of ether oxygens (including phenoxy) is 1. The standard InChI is InChI=1S/C8H8BrNO2/c1-5(11)8-7(12-2)3-6(9)4-10-8/h3-4H,1-2H3. The number of rotatable bonds is 2. The van der Waals surface area contributed by atoms with Crippen molar-refractivity contribution in [3.05, 3.63) is 22.4 Å². The zero-order valence-corrected chi connectivity index (χ0v) is 8.38. The molecule has 64 valence electrons. The minimum Gasteiger partial charge on any atom is -0.494 e. The molecule has 1 heterocycles. The van der Waals surface area contributed by atoms with Crippen LogP contribution in [0.1, 0.15) is 17.4 Å². The summed E-state index contributed by atoms with van der Waals surface area (Å²) in [7, 11) is 1.51. The lowest BCUT2D eigenvalue weighted by Gasteiger charge is -2.03. The molecule has 0 aliphatic carbocycles. The van der Waals surface area contributed by atoms with Crippen LogP contribution in [0, 0.1) is 0 Å². The lowest BCUT2D eigenvalue weighted by molar-refractivity contribution is 0.101. The molecule has 1 aromatic rings. The van der Waals surface area contributed by atoms with Crippen molar-refractivity contribution in [1.82, 2.24) is 4.98 Å². The highest BCUT2D eigenvalue weighted by Crippen LogP contribution is 2.20. The number of hydrogen-bond acceptors (Lipinski definition) is 3. The van der Waals surface area contributed by atoms with Crippen LogP contribution in [0.5, 0.6) is 5.75 Å². The van der Waals surface area contributed by atoms with Crippen LogP contribution in [-0.4, -0.2) is 17.9 Å². The number of nitrogens with zero attached hydrogens (tertiary/aromatic N) is 1. The number of carbonyl (C=O) groups is 1. The van der Waals surface area contributed by atoms with E-state index in [1.807, 2.05) is 0 Å². The summed E-state index contributed by atoms with van der Waals surface area (Å²) < 4.78 is 5.77. The summed E-state index contributed by atoms with van der Waals surface area (Å²) in [5.41, 5.74) is 0.362. The fraction of sp³-hybridized carbons (Fsp3) is 0.250.